The van der Waals surface area contributed by atoms with E-state index in [0.29, 0.717) is 32.2 Å². The van der Waals surface area contributed by atoms with E-state index in [9.17, 15) is 4.79 Å². The predicted molar refractivity (Wildman–Crippen MR) is 71.7 cm³/mol. The molecular weight excluding hydrogens is 244 g/mol. The van der Waals surface area contributed by atoms with Crippen molar-refractivity contribution in [3.05, 3.63) is 18.5 Å². The molecule has 6 heteroatoms. The fraction of sp³-hybridized carbons (Fsp3) is 0.692. The van der Waals surface area contributed by atoms with Gasteiger partial charge in [-0.2, -0.15) is 5.10 Å². The molecule has 0 aromatic carbocycles. The third-order valence-corrected chi connectivity index (χ3v) is 3.19. The summed E-state index contributed by atoms with van der Waals surface area (Å²) in [5.74, 6) is 0.0427. The molecule has 0 aliphatic carbocycles. The third kappa shape index (κ3) is 5.40. The van der Waals surface area contributed by atoms with Crippen LogP contribution in [0.2, 0.25) is 0 Å². The van der Waals surface area contributed by atoms with Crippen LogP contribution in [0, 0.1) is 0 Å². The van der Waals surface area contributed by atoms with Crippen LogP contribution in [0.5, 0.6) is 0 Å². The van der Waals surface area contributed by atoms with E-state index in [1.165, 1.54) is 0 Å². The normalized spacial score (nSPS) is 16.4. The Hall–Kier alpha value is -1.40. The van der Waals surface area contributed by atoms with Crippen molar-refractivity contribution in [2.75, 3.05) is 26.2 Å². The number of ether oxygens (including phenoxy) is 1. The van der Waals surface area contributed by atoms with Gasteiger partial charge in [0.15, 0.2) is 0 Å². The summed E-state index contributed by atoms with van der Waals surface area (Å²) in [6, 6.07) is 1.87. The van der Waals surface area contributed by atoms with Gasteiger partial charge in [0.1, 0.15) is 0 Å². The number of aromatic nitrogens is 2. The van der Waals surface area contributed by atoms with Crippen LogP contribution >= 0.6 is 0 Å². The summed E-state index contributed by atoms with van der Waals surface area (Å²) in [5.41, 5.74) is 0. The molecule has 1 aromatic heterocycles. The highest BCUT2D eigenvalue weighted by atomic mass is 16.5. The number of nitrogens with one attached hydrogen (secondary N) is 2. The van der Waals surface area contributed by atoms with Crippen molar-refractivity contribution in [1.29, 1.82) is 0 Å². The maximum Gasteiger partial charge on any atom is 0.222 e. The van der Waals surface area contributed by atoms with E-state index in [1.807, 2.05) is 12.3 Å². The van der Waals surface area contributed by atoms with Crippen molar-refractivity contribution < 1.29 is 9.53 Å². The molecular formula is C13H22N4O2. The fourth-order valence-electron chi connectivity index (χ4n) is 2.11. The maximum absolute atomic E-state index is 11.6. The standard InChI is InChI=1S/C13H22N4O2/c18-13(15-8-10-17-9-1-5-16-17)4-11-19-12-2-6-14-7-3-12/h1,5,9,12,14H,2-4,6-8,10-11H2,(H,15,18). The summed E-state index contributed by atoms with van der Waals surface area (Å²) >= 11 is 0. The van der Waals surface area contributed by atoms with E-state index < -0.39 is 0 Å². The summed E-state index contributed by atoms with van der Waals surface area (Å²) in [4.78, 5) is 11.6. The molecule has 19 heavy (non-hydrogen) atoms. The van der Waals surface area contributed by atoms with Crippen molar-refractivity contribution >= 4 is 5.91 Å². The third-order valence-electron chi connectivity index (χ3n) is 3.19. The van der Waals surface area contributed by atoms with E-state index >= 15 is 0 Å². The Balaban J connectivity index is 1.49. The lowest BCUT2D eigenvalue weighted by Gasteiger charge is -2.22. The Morgan fingerprint density at radius 3 is 3.05 bits per heavy atom. The van der Waals surface area contributed by atoms with E-state index in [4.69, 9.17) is 4.74 Å². The monoisotopic (exact) mass is 266 g/mol. The number of hydrogen-bond donors (Lipinski definition) is 2. The molecule has 2 N–H and O–H groups in total. The van der Waals surface area contributed by atoms with Gasteiger partial charge in [-0.05, 0) is 32.0 Å². The van der Waals surface area contributed by atoms with Crippen molar-refractivity contribution in [2.24, 2.45) is 0 Å². The molecule has 1 amide bonds. The summed E-state index contributed by atoms with van der Waals surface area (Å²) in [6.45, 7) is 3.85. The van der Waals surface area contributed by atoms with E-state index in [1.54, 1.807) is 10.9 Å². The first-order valence-corrected chi connectivity index (χ1v) is 6.91. The van der Waals surface area contributed by atoms with Gasteiger partial charge in [0, 0.05) is 25.4 Å². The Bertz CT molecular complexity index is 361. The average molecular weight is 266 g/mol. The number of piperidine rings is 1. The first-order valence-electron chi connectivity index (χ1n) is 6.91. The molecule has 1 saturated heterocycles. The molecule has 0 bridgehead atoms. The largest absolute Gasteiger partial charge is 0.378 e. The molecule has 1 aliphatic rings. The lowest BCUT2D eigenvalue weighted by molar-refractivity contribution is -0.122. The Morgan fingerprint density at radius 1 is 1.47 bits per heavy atom. The second kappa shape index (κ2) is 7.91. The molecule has 2 rings (SSSR count). The summed E-state index contributed by atoms with van der Waals surface area (Å²) in [6.07, 6.45) is 6.45. The quantitative estimate of drug-likeness (QED) is 0.737. The lowest BCUT2D eigenvalue weighted by Crippen LogP contribution is -2.33. The average Bonchev–Trinajstić information content (AvgIpc) is 2.93. The number of nitrogens with zero attached hydrogens (tertiary/aromatic N) is 2. The zero-order chi connectivity index (χ0) is 13.3. The van der Waals surface area contributed by atoms with Gasteiger partial charge in [0.05, 0.1) is 19.3 Å². The second-order valence-corrected chi connectivity index (χ2v) is 4.69. The highest BCUT2D eigenvalue weighted by Crippen LogP contribution is 2.07. The van der Waals surface area contributed by atoms with Crippen LogP contribution in [0.4, 0.5) is 0 Å². The molecule has 106 valence electrons. The van der Waals surface area contributed by atoms with Crippen molar-refractivity contribution in [3.8, 4) is 0 Å². The molecule has 0 saturated carbocycles. The zero-order valence-corrected chi connectivity index (χ0v) is 11.2. The zero-order valence-electron chi connectivity index (χ0n) is 11.2. The minimum absolute atomic E-state index is 0.0427. The first-order chi connectivity index (χ1) is 9.34. The van der Waals surface area contributed by atoms with Crippen molar-refractivity contribution in [1.82, 2.24) is 20.4 Å². The second-order valence-electron chi connectivity index (χ2n) is 4.69. The van der Waals surface area contributed by atoms with Crippen LogP contribution in [0.3, 0.4) is 0 Å². The van der Waals surface area contributed by atoms with Crippen LogP contribution in [-0.2, 0) is 16.1 Å². The van der Waals surface area contributed by atoms with Gasteiger partial charge in [0.2, 0.25) is 5.91 Å². The first kappa shape index (κ1) is 14.0. The Labute approximate surface area is 113 Å². The highest BCUT2D eigenvalue weighted by Gasteiger charge is 2.13. The number of carbonyl (C=O) groups excluding carboxylic acids is 1. The minimum atomic E-state index is 0.0427. The van der Waals surface area contributed by atoms with E-state index in [0.717, 1.165) is 25.9 Å². The highest BCUT2D eigenvalue weighted by molar-refractivity contribution is 5.75. The minimum Gasteiger partial charge on any atom is -0.378 e. The van der Waals surface area contributed by atoms with Gasteiger partial charge in [-0.3, -0.25) is 9.48 Å². The molecule has 1 aliphatic heterocycles. The summed E-state index contributed by atoms with van der Waals surface area (Å²) in [7, 11) is 0. The molecule has 0 unspecified atom stereocenters. The molecule has 0 atom stereocenters. The molecule has 0 spiro atoms. The van der Waals surface area contributed by atoms with Gasteiger partial charge in [-0.25, -0.2) is 0 Å². The number of amides is 1. The van der Waals surface area contributed by atoms with E-state index in [2.05, 4.69) is 15.7 Å². The van der Waals surface area contributed by atoms with Crippen LogP contribution in [-0.4, -0.2) is 48.0 Å². The van der Waals surface area contributed by atoms with Gasteiger partial charge in [0.25, 0.3) is 0 Å². The molecule has 6 nitrogen and oxygen atoms in total. The maximum atomic E-state index is 11.6. The van der Waals surface area contributed by atoms with Gasteiger partial charge in [-0.1, -0.05) is 0 Å². The summed E-state index contributed by atoms with van der Waals surface area (Å²) in [5, 5.41) is 10.2. The lowest BCUT2D eigenvalue weighted by atomic mass is 10.1. The van der Waals surface area contributed by atoms with Crippen LogP contribution in [0.1, 0.15) is 19.3 Å². The predicted octanol–water partition coefficient (Wildman–Crippen LogP) is 0.158. The van der Waals surface area contributed by atoms with Gasteiger partial charge >= 0.3 is 0 Å². The van der Waals surface area contributed by atoms with Crippen LogP contribution in [0.15, 0.2) is 18.5 Å². The van der Waals surface area contributed by atoms with Gasteiger partial charge < -0.3 is 15.4 Å². The smallest absolute Gasteiger partial charge is 0.222 e. The molecule has 0 radical (unpaired) electrons. The van der Waals surface area contributed by atoms with E-state index in [-0.39, 0.29) is 5.91 Å². The van der Waals surface area contributed by atoms with Crippen LogP contribution in [0.25, 0.3) is 0 Å². The fourth-order valence-corrected chi connectivity index (χ4v) is 2.11. The van der Waals surface area contributed by atoms with Crippen molar-refractivity contribution in [3.63, 3.8) is 0 Å². The SMILES string of the molecule is O=C(CCOC1CCNCC1)NCCn1cccn1. The molecule has 1 fully saturated rings. The topological polar surface area (TPSA) is 68.2 Å². The summed E-state index contributed by atoms with van der Waals surface area (Å²) < 4.78 is 7.48. The number of carbonyl (C=O) groups is 1. The van der Waals surface area contributed by atoms with Gasteiger partial charge in [-0.15, -0.1) is 0 Å². The Kier molecular flexibility index (Phi) is 5.84. The Morgan fingerprint density at radius 2 is 2.32 bits per heavy atom. The van der Waals surface area contributed by atoms with Crippen molar-refractivity contribution in [2.45, 2.75) is 31.9 Å². The number of hydrogen-bond acceptors (Lipinski definition) is 4. The van der Waals surface area contributed by atoms with Crippen LogP contribution < -0.4 is 10.6 Å². The molecule has 2 heterocycles. The number of rotatable bonds is 7. The molecule has 1 aromatic rings.